The number of nitriles is 1. The van der Waals surface area contributed by atoms with Crippen LogP contribution in [0, 0.1) is 22.7 Å². The van der Waals surface area contributed by atoms with Crippen molar-refractivity contribution in [3.05, 3.63) is 29.5 Å². The largest absolute Gasteiger partial charge is 0.504 e. The standard InChI is InChI=1S/C22H25N7O4S/c1-33-11-18(32)28-5-2-13(3-6-28)4-7-29-12-25-20(24)19-21(29)27-22(26-19)34-17-9-16(31)15(30)8-14(17)10-23/h8-9,12-13,24,30-31H,2-7,11H2,1H3,(H,26,27). The number of ether oxygens (including phenoxy) is 1. The third kappa shape index (κ3) is 5.00. The molecule has 1 aliphatic rings. The Morgan fingerprint density at radius 3 is 2.79 bits per heavy atom. The molecule has 2 aromatic heterocycles. The molecular formula is C22H25N7O4S. The first kappa shape index (κ1) is 23.6. The number of hydrogen-bond donors (Lipinski definition) is 4. The van der Waals surface area contributed by atoms with Crippen LogP contribution in [0.15, 0.2) is 28.5 Å². The fourth-order valence-corrected chi connectivity index (χ4v) is 4.89. The number of rotatable bonds is 7. The number of carbonyl (C=O) groups excluding carboxylic acids is 1. The fraction of sp³-hybridized carbons (Fsp3) is 0.409. The number of H-pyrrole nitrogens is 1. The van der Waals surface area contributed by atoms with E-state index in [1.807, 2.05) is 15.5 Å². The number of aromatic hydroxyl groups is 2. The van der Waals surface area contributed by atoms with Crippen molar-refractivity contribution in [2.45, 2.75) is 35.9 Å². The topological polar surface area (TPSA) is 164 Å². The van der Waals surface area contributed by atoms with Crippen LogP contribution in [0.1, 0.15) is 24.8 Å². The summed E-state index contributed by atoms with van der Waals surface area (Å²) in [5.74, 6) is -0.202. The van der Waals surface area contributed by atoms with Crippen LogP contribution >= 0.6 is 11.8 Å². The molecule has 0 saturated carbocycles. The molecule has 4 N–H and O–H groups in total. The highest BCUT2D eigenvalue weighted by atomic mass is 32.2. The predicted octanol–water partition coefficient (Wildman–Crippen LogP) is 1.95. The summed E-state index contributed by atoms with van der Waals surface area (Å²) in [4.78, 5) is 26.1. The first-order valence-electron chi connectivity index (χ1n) is 10.8. The lowest BCUT2D eigenvalue weighted by Gasteiger charge is -2.32. The van der Waals surface area contributed by atoms with Crippen molar-refractivity contribution in [2.75, 3.05) is 26.8 Å². The number of aromatic amines is 1. The zero-order valence-corrected chi connectivity index (χ0v) is 19.4. The second kappa shape index (κ2) is 10.1. The summed E-state index contributed by atoms with van der Waals surface area (Å²) in [6.07, 6.45) is 4.34. The van der Waals surface area contributed by atoms with Gasteiger partial charge in [-0.2, -0.15) is 5.26 Å². The molecule has 0 atom stereocenters. The Labute approximate surface area is 199 Å². The van der Waals surface area contributed by atoms with E-state index in [-0.39, 0.29) is 35.1 Å². The summed E-state index contributed by atoms with van der Waals surface area (Å²) in [6, 6.07) is 4.50. The number of hydrogen-bond acceptors (Lipinski definition) is 9. The third-order valence-corrected chi connectivity index (χ3v) is 6.86. The number of aryl methyl sites for hydroxylation is 1. The molecule has 0 spiro atoms. The van der Waals surface area contributed by atoms with Gasteiger partial charge < -0.3 is 29.4 Å². The smallest absolute Gasteiger partial charge is 0.248 e. The fourth-order valence-electron chi connectivity index (χ4n) is 4.02. The molecule has 4 rings (SSSR count). The van der Waals surface area contributed by atoms with E-state index in [0.717, 1.165) is 44.1 Å². The van der Waals surface area contributed by atoms with E-state index >= 15 is 0 Å². The number of nitrogens with zero attached hydrogens (tertiary/aromatic N) is 5. The Balaban J connectivity index is 1.48. The molecular weight excluding hydrogens is 458 g/mol. The molecule has 12 heteroatoms. The Hall–Kier alpha value is -3.56. The summed E-state index contributed by atoms with van der Waals surface area (Å²) in [6.45, 7) is 2.23. The minimum atomic E-state index is -0.366. The summed E-state index contributed by atoms with van der Waals surface area (Å²) in [7, 11) is 1.52. The highest BCUT2D eigenvalue weighted by Gasteiger charge is 2.23. The minimum absolute atomic E-state index is 0.0234. The average Bonchev–Trinajstić information content (AvgIpc) is 3.26. The van der Waals surface area contributed by atoms with Crippen LogP contribution in [0.25, 0.3) is 11.2 Å². The number of phenolic OH excluding ortho intramolecular Hbond substituents is 2. The van der Waals surface area contributed by atoms with Crippen LogP contribution < -0.4 is 5.49 Å². The van der Waals surface area contributed by atoms with Gasteiger partial charge in [-0.25, -0.2) is 9.97 Å². The summed E-state index contributed by atoms with van der Waals surface area (Å²) in [5, 5.41) is 37.4. The van der Waals surface area contributed by atoms with Crippen LogP contribution in [0.3, 0.4) is 0 Å². The molecule has 3 heterocycles. The van der Waals surface area contributed by atoms with E-state index in [0.29, 0.717) is 33.7 Å². The summed E-state index contributed by atoms with van der Waals surface area (Å²) in [5.41, 5.74) is 1.32. The van der Waals surface area contributed by atoms with Gasteiger partial charge in [0.1, 0.15) is 18.2 Å². The molecule has 1 amide bonds. The minimum Gasteiger partial charge on any atom is -0.504 e. The maximum Gasteiger partial charge on any atom is 0.248 e. The number of nitrogens with one attached hydrogen (secondary N) is 2. The number of likely N-dealkylation sites (tertiary alicyclic amines) is 1. The molecule has 0 bridgehead atoms. The first-order valence-corrected chi connectivity index (χ1v) is 11.6. The predicted molar refractivity (Wildman–Crippen MR) is 122 cm³/mol. The number of phenols is 2. The summed E-state index contributed by atoms with van der Waals surface area (Å²) >= 11 is 1.13. The van der Waals surface area contributed by atoms with Crippen molar-refractivity contribution in [3.63, 3.8) is 0 Å². The van der Waals surface area contributed by atoms with Crippen molar-refractivity contribution in [3.8, 4) is 17.6 Å². The molecule has 11 nitrogen and oxygen atoms in total. The van der Waals surface area contributed by atoms with E-state index in [2.05, 4.69) is 15.0 Å². The van der Waals surface area contributed by atoms with Gasteiger partial charge in [-0.05, 0) is 31.2 Å². The van der Waals surface area contributed by atoms with Crippen molar-refractivity contribution in [1.29, 1.82) is 10.7 Å². The van der Waals surface area contributed by atoms with Gasteiger partial charge in [-0.3, -0.25) is 10.2 Å². The van der Waals surface area contributed by atoms with E-state index in [9.17, 15) is 20.3 Å². The SMILES string of the molecule is COCC(=O)N1CCC(CCn2cnc(=N)c3[nH]c(Sc4cc(O)c(O)cc4C#N)nc32)CC1. The lowest BCUT2D eigenvalue weighted by Crippen LogP contribution is -2.40. The van der Waals surface area contributed by atoms with Crippen molar-refractivity contribution < 1.29 is 19.7 Å². The molecule has 3 aromatic rings. The van der Waals surface area contributed by atoms with Crippen LogP contribution in [-0.2, 0) is 16.1 Å². The van der Waals surface area contributed by atoms with Gasteiger partial charge in [0.15, 0.2) is 27.8 Å². The molecule has 1 saturated heterocycles. The quantitative estimate of drug-likeness (QED) is 0.370. The number of aromatic nitrogens is 4. The van der Waals surface area contributed by atoms with Gasteiger partial charge in [0.2, 0.25) is 5.91 Å². The lowest BCUT2D eigenvalue weighted by atomic mass is 9.93. The summed E-state index contributed by atoms with van der Waals surface area (Å²) < 4.78 is 6.83. The Kier molecular flexibility index (Phi) is 7.04. The number of fused-ring (bicyclic) bond motifs is 1. The Morgan fingerprint density at radius 2 is 2.09 bits per heavy atom. The van der Waals surface area contributed by atoms with Gasteiger partial charge in [0, 0.05) is 37.7 Å². The van der Waals surface area contributed by atoms with Gasteiger partial charge in [0.25, 0.3) is 0 Å². The third-order valence-electron chi connectivity index (χ3n) is 5.92. The highest BCUT2D eigenvalue weighted by molar-refractivity contribution is 7.99. The zero-order valence-electron chi connectivity index (χ0n) is 18.6. The number of imidazole rings is 1. The number of piperidine rings is 1. The molecule has 1 fully saturated rings. The molecule has 178 valence electrons. The number of carbonyl (C=O) groups is 1. The number of benzene rings is 1. The van der Waals surface area contributed by atoms with Crippen LogP contribution in [0.4, 0.5) is 0 Å². The van der Waals surface area contributed by atoms with Gasteiger partial charge in [-0.1, -0.05) is 11.8 Å². The van der Waals surface area contributed by atoms with E-state index < -0.39 is 0 Å². The Bertz CT molecular complexity index is 1310. The maximum absolute atomic E-state index is 12.0. The number of methoxy groups -OCH3 is 1. The van der Waals surface area contributed by atoms with Gasteiger partial charge in [0.05, 0.1) is 11.9 Å². The molecule has 1 aliphatic heterocycles. The van der Waals surface area contributed by atoms with Crippen LogP contribution in [-0.4, -0.2) is 67.3 Å². The van der Waals surface area contributed by atoms with Crippen molar-refractivity contribution in [1.82, 2.24) is 24.4 Å². The molecule has 0 aliphatic carbocycles. The average molecular weight is 484 g/mol. The maximum atomic E-state index is 12.0. The first-order chi connectivity index (χ1) is 16.4. The molecule has 34 heavy (non-hydrogen) atoms. The monoisotopic (exact) mass is 483 g/mol. The highest BCUT2D eigenvalue weighted by Crippen LogP contribution is 2.36. The van der Waals surface area contributed by atoms with Crippen LogP contribution in [0.5, 0.6) is 11.5 Å². The van der Waals surface area contributed by atoms with Gasteiger partial charge >= 0.3 is 0 Å². The molecule has 1 aromatic carbocycles. The van der Waals surface area contributed by atoms with Crippen molar-refractivity contribution in [2.24, 2.45) is 5.92 Å². The number of amides is 1. The Morgan fingerprint density at radius 1 is 1.35 bits per heavy atom. The molecule has 0 radical (unpaired) electrons. The second-order valence-electron chi connectivity index (χ2n) is 8.12. The van der Waals surface area contributed by atoms with E-state index in [1.54, 1.807) is 6.33 Å². The van der Waals surface area contributed by atoms with Crippen LogP contribution in [0.2, 0.25) is 0 Å². The van der Waals surface area contributed by atoms with Gasteiger partial charge in [-0.15, -0.1) is 0 Å². The zero-order chi connectivity index (χ0) is 24.2. The lowest BCUT2D eigenvalue weighted by molar-refractivity contribution is -0.136. The van der Waals surface area contributed by atoms with Crippen molar-refractivity contribution >= 4 is 28.8 Å². The molecule has 0 unspecified atom stereocenters. The second-order valence-corrected chi connectivity index (χ2v) is 9.15. The normalized spacial score (nSPS) is 14.4. The van der Waals surface area contributed by atoms with E-state index in [4.69, 9.17) is 10.1 Å². The van der Waals surface area contributed by atoms with E-state index in [1.165, 1.54) is 19.2 Å².